The fraction of sp³-hybridized carbons (Fsp3) is 0.148. The summed E-state index contributed by atoms with van der Waals surface area (Å²) < 4.78 is 8.88. The van der Waals surface area contributed by atoms with E-state index in [4.69, 9.17) is 9.72 Å². The summed E-state index contributed by atoms with van der Waals surface area (Å²) in [6, 6.07) is 24.3. The molecule has 1 aliphatic heterocycles. The van der Waals surface area contributed by atoms with Gasteiger partial charge in [-0.1, -0.05) is 65.4 Å². The monoisotopic (exact) mass is 466 g/mol. The molecule has 5 aromatic rings. The number of aryl methyl sites for hydroxylation is 1. The van der Waals surface area contributed by atoms with Crippen LogP contribution in [0.2, 0.25) is 0 Å². The van der Waals surface area contributed by atoms with Gasteiger partial charge in [0.15, 0.2) is 0 Å². The lowest BCUT2D eigenvalue weighted by Crippen LogP contribution is -2.24. The van der Waals surface area contributed by atoms with Crippen molar-refractivity contribution in [2.24, 2.45) is 0 Å². The molecular weight excluding hydrogens is 444 g/mol. The van der Waals surface area contributed by atoms with Gasteiger partial charge in [0.1, 0.15) is 18.2 Å². The van der Waals surface area contributed by atoms with E-state index in [0.29, 0.717) is 18.8 Å². The van der Waals surface area contributed by atoms with Gasteiger partial charge in [-0.05, 0) is 42.3 Å². The third kappa shape index (κ3) is 3.84. The first-order valence-corrected chi connectivity index (χ1v) is 12.0. The van der Waals surface area contributed by atoms with Crippen molar-refractivity contribution in [3.8, 4) is 10.9 Å². The summed E-state index contributed by atoms with van der Waals surface area (Å²) in [5.41, 5.74) is 5.27. The predicted octanol–water partition coefficient (Wildman–Crippen LogP) is 5.84. The van der Waals surface area contributed by atoms with Crippen LogP contribution in [0, 0.1) is 6.92 Å². The van der Waals surface area contributed by atoms with Gasteiger partial charge in [-0.25, -0.2) is 4.98 Å². The van der Waals surface area contributed by atoms with Gasteiger partial charge >= 0.3 is 0 Å². The molecule has 0 bridgehead atoms. The van der Waals surface area contributed by atoms with Crippen molar-refractivity contribution in [2.75, 3.05) is 5.32 Å². The van der Waals surface area contributed by atoms with Crippen LogP contribution in [0.5, 0.6) is 5.75 Å². The standard InChI is InChI=1S/C27H22N4O2S/c1-17-9-11-18(12-10-17)16-33-20-6-4-5-19(13-20)21-14-25(32)30-26-22(21)15-28-31(26)27-29-23-7-2-3-8-24(23)34-27/h2-13,15,21H,14,16H2,1H3,(H,30,32). The fourth-order valence-corrected chi connectivity index (χ4v) is 5.22. The Bertz CT molecular complexity index is 1470. The molecule has 0 aliphatic carbocycles. The number of carbonyl (C=O) groups is 1. The Labute approximate surface area is 200 Å². The number of para-hydroxylation sites is 1. The zero-order chi connectivity index (χ0) is 23.1. The number of hydrogen-bond donors (Lipinski definition) is 1. The van der Waals surface area contributed by atoms with E-state index < -0.39 is 0 Å². The Morgan fingerprint density at radius 1 is 1.09 bits per heavy atom. The Hall–Kier alpha value is -3.97. The second-order valence-electron chi connectivity index (χ2n) is 8.48. The minimum absolute atomic E-state index is 0.0358. The van der Waals surface area contributed by atoms with Crippen LogP contribution in [0.15, 0.2) is 79.0 Å². The van der Waals surface area contributed by atoms with Crippen molar-refractivity contribution < 1.29 is 9.53 Å². The minimum atomic E-state index is -0.102. The van der Waals surface area contributed by atoms with Gasteiger partial charge in [0.05, 0.1) is 16.4 Å². The van der Waals surface area contributed by atoms with Crippen molar-refractivity contribution in [2.45, 2.75) is 25.9 Å². The number of fused-ring (bicyclic) bond motifs is 2. The number of nitrogens with zero attached hydrogens (tertiary/aromatic N) is 3. The van der Waals surface area contributed by atoms with Crippen LogP contribution in [0.25, 0.3) is 15.3 Å². The summed E-state index contributed by atoms with van der Waals surface area (Å²) in [6.07, 6.45) is 2.20. The summed E-state index contributed by atoms with van der Waals surface area (Å²) in [7, 11) is 0. The highest BCUT2D eigenvalue weighted by Gasteiger charge is 2.31. The predicted molar refractivity (Wildman–Crippen MR) is 134 cm³/mol. The summed E-state index contributed by atoms with van der Waals surface area (Å²) in [6.45, 7) is 2.57. The molecule has 3 aromatic carbocycles. The molecule has 0 radical (unpaired) electrons. The van der Waals surface area contributed by atoms with Gasteiger partial charge in [0, 0.05) is 17.9 Å². The molecule has 1 aliphatic rings. The summed E-state index contributed by atoms with van der Waals surface area (Å²) in [5.74, 6) is 1.33. The molecule has 2 aromatic heterocycles. The van der Waals surface area contributed by atoms with E-state index in [1.54, 1.807) is 16.0 Å². The number of carbonyl (C=O) groups excluding carboxylic acids is 1. The van der Waals surface area contributed by atoms with Crippen molar-refractivity contribution >= 4 is 33.3 Å². The third-order valence-corrected chi connectivity index (χ3v) is 7.08. The highest BCUT2D eigenvalue weighted by Crippen LogP contribution is 2.39. The van der Waals surface area contributed by atoms with Crippen LogP contribution in [0.1, 0.15) is 34.6 Å². The number of benzene rings is 3. The Morgan fingerprint density at radius 3 is 2.79 bits per heavy atom. The Balaban J connectivity index is 1.30. The second-order valence-corrected chi connectivity index (χ2v) is 9.49. The van der Waals surface area contributed by atoms with Crippen LogP contribution in [0.4, 0.5) is 5.82 Å². The summed E-state index contributed by atoms with van der Waals surface area (Å²) in [4.78, 5) is 17.4. The molecule has 7 heteroatoms. The van der Waals surface area contributed by atoms with Gasteiger partial charge in [0.25, 0.3) is 0 Å². The highest BCUT2D eigenvalue weighted by atomic mass is 32.1. The number of ether oxygens (including phenoxy) is 1. The first-order chi connectivity index (χ1) is 16.6. The number of rotatable bonds is 5. The Morgan fingerprint density at radius 2 is 1.94 bits per heavy atom. The molecule has 6 rings (SSSR count). The van der Waals surface area contributed by atoms with E-state index >= 15 is 0 Å². The topological polar surface area (TPSA) is 69.0 Å². The maximum atomic E-state index is 12.7. The lowest BCUT2D eigenvalue weighted by molar-refractivity contribution is -0.116. The SMILES string of the molecule is Cc1ccc(COc2cccc(C3CC(=O)Nc4c3cnn4-c3nc4ccccc4s3)c2)cc1. The summed E-state index contributed by atoms with van der Waals surface area (Å²) >= 11 is 1.55. The molecule has 6 nitrogen and oxygen atoms in total. The molecule has 1 amide bonds. The molecule has 34 heavy (non-hydrogen) atoms. The van der Waals surface area contributed by atoms with Gasteiger partial charge in [-0.3, -0.25) is 4.79 Å². The van der Waals surface area contributed by atoms with Gasteiger partial charge in [0.2, 0.25) is 11.0 Å². The smallest absolute Gasteiger partial charge is 0.226 e. The number of hydrogen-bond acceptors (Lipinski definition) is 5. The maximum absolute atomic E-state index is 12.7. The van der Waals surface area contributed by atoms with Crippen LogP contribution in [0.3, 0.4) is 0 Å². The van der Waals surface area contributed by atoms with Crippen molar-refractivity contribution in [1.82, 2.24) is 14.8 Å². The first-order valence-electron chi connectivity index (χ1n) is 11.2. The largest absolute Gasteiger partial charge is 0.489 e. The van der Waals surface area contributed by atoms with Crippen molar-refractivity contribution in [1.29, 1.82) is 0 Å². The Kier molecular flexibility index (Phi) is 5.11. The number of amides is 1. The van der Waals surface area contributed by atoms with Gasteiger partial charge in [-0.2, -0.15) is 9.78 Å². The third-order valence-electron chi connectivity index (χ3n) is 6.07. The van der Waals surface area contributed by atoms with Crippen molar-refractivity contribution in [3.05, 3.63) is 101 Å². The van der Waals surface area contributed by atoms with Crippen LogP contribution in [-0.4, -0.2) is 20.7 Å². The van der Waals surface area contributed by atoms with Crippen LogP contribution in [-0.2, 0) is 11.4 Å². The van der Waals surface area contributed by atoms with E-state index in [2.05, 4.69) is 41.6 Å². The van der Waals surface area contributed by atoms with E-state index in [0.717, 1.165) is 37.8 Å². The molecule has 1 unspecified atom stereocenters. The van der Waals surface area contributed by atoms with E-state index in [9.17, 15) is 4.79 Å². The maximum Gasteiger partial charge on any atom is 0.226 e. The average Bonchev–Trinajstić information content (AvgIpc) is 3.47. The molecule has 1 atom stereocenters. The fourth-order valence-electron chi connectivity index (χ4n) is 4.28. The minimum Gasteiger partial charge on any atom is -0.489 e. The van der Waals surface area contributed by atoms with Crippen molar-refractivity contribution in [3.63, 3.8) is 0 Å². The quantitative estimate of drug-likeness (QED) is 0.353. The molecule has 0 spiro atoms. The number of thiazole rings is 1. The zero-order valence-corrected chi connectivity index (χ0v) is 19.4. The number of aromatic nitrogens is 3. The van der Waals surface area contributed by atoms with Crippen LogP contribution >= 0.6 is 11.3 Å². The molecule has 1 N–H and O–H groups in total. The first kappa shape index (κ1) is 20.6. The molecular formula is C27H22N4O2S. The van der Waals surface area contributed by atoms with E-state index in [-0.39, 0.29) is 11.8 Å². The van der Waals surface area contributed by atoms with Gasteiger partial charge in [-0.15, -0.1) is 0 Å². The zero-order valence-electron chi connectivity index (χ0n) is 18.6. The highest BCUT2D eigenvalue weighted by molar-refractivity contribution is 7.20. The van der Waals surface area contributed by atoms with Gasteiger partial charge < -0.3 is 10.1 Å². The lowest BCUT2D eigenvalue weighted by atomic mass is 9.87. The molecule has 168 valence electrons. The summed E-state index contributed by atoms with van der Waals surface area (Å²) in [5, 5.41) is 8.35. The molecule has 0 fully saturated rings. The second kappa shape index (κ2) is 8.43. The number of nitrogens with one attached hydrogen (secondary N) is 1. The average molecular weight is 467 g/mol. The molecule has 0 saturated heterocycles. The normalized spacial score (nSPS) is 15.2. The van der Waals surface area contributed by atoms with E-state index in [1.807, 2.05) is 54.7 Å². The lowest BCUT2D eigenvalue weighted by Gasteiger charge is -2.23. The number of anilines is 1. The van der Waals surface area contributed by atoms with Crippen LogP contribution < -0.4 is 10.1 Å². The molecule has 3 heterocycles. The van der Waals surface area contributed by atoms with E-state index in [1.165, 1.54) is 5.56 Å². The molecule has 0 saturated carbocycles.